The van der Waals surface area contributed by atoms with E-state index in [0.717, 1.165) is 17.7 Å². The molecule has 1 aromatic rings. The molecule has 1 rings (SSSR count). The van der Waals surface area contributed by atoms with Crippen LogP contribution in [-0.4, -0.2) is 24.1 Å². The lowest BCUT2D eigenvalue weighted by Gasteiger charge is -2.30. The van der Waals surface area contributed by atoms with Crippen LogP contribution in [0.1, 0.15) is 52.5 Å². The first-order valence-electron chi connectivity index (χ1n) is 7.59. The molecule has 0 radical (unpaired) electrons. The number of hydrogen-bond donors (Lipinski definition) is 2. The van der Waals surface area contributed by atoms with Crippen molar-refractivity contribution < 1.29 is 9.53 Å². The average Bonchev–Trinajstić information content (AvgIpc) is 2.43. The van der Waals surface area contributed by atoms with Gasteiger partial charge in [0.2, 0.25) is 5.91 Å². The molecule has 0 spiro atoms. The SMILES string of the molecule is CCC(C)c1ccccc1OCC(C)(NC(C)C)C(N)=O. The molecule has 0 heterocycles. The number of rotatable bonds is 8. The molecular formula is C17H28N2O2. The number of carbonyl (C=O) groups is 1. The number of nitrogens with one attached hydrogen (secondary N) is 1. The number of primary amides is 1. The Hall–Kier alpha value is -1.55. The summed E-state index contributed by atoms with van der Waals surface area (Å²) in [5, 5.41) is 3.19. The fourth-order valence-corrected chi connectivity index (χ4v) is 2.28. The molecule has 4 heteroatoms. The van der Waals surface area contributed by atoms with Crippen molar-refractivity contribution in [3.8, 4) is 5.75 Å². The highest BCUT2D eigenvalue weighted by Crippen LogP contribution is 2.28. The van der Waals surface area contributed by atoms with Gasteiger partial charge in [0.05, 0.1) is 0 Å². The Bertz CT molecular complexity index is 474. The summed E-state index contributed by atoms with van der Waals surface area (Å²) in [7, 11) is 0. The largest absolute Gasteiger partial charge is 0.491 e. The van der Waals surface area contributed by atoms with E-state index in [1.807, 2.05) is 32.0 Å². The van der Waals surface area contributed by atoms with Crippen LogP contribution >= 0.6 is 0 Å². The van der Waals surface area contributed by atoms with Gasteiger partial charge in [0.1, 0.15) is 17.9 Å². The standard InChI is InChI=1S/C17H28N2O2/c1-6-13(4)14-9-7-8-10-15(14)21-11-17(5,16(18)20)19-12(2)3/h7-10,12-13,19H,6,11H2,1-5H3,(H2,18,20). The Balaban J connectivity index is 2.88. The summed E-state index contributed by atoms with van der Waals surface area (Å²) in [6.07, 6.45) is 1.04. The Labute approximate surface area is 128 Å². The number of benzene rings is 1. The summed E-state index contributed by atoms with van der Waals surface area (Å²) < 4.78 is 5.92. The summed E-state index contributed by atoms with van der Waals surface area (Å²) in [5.41, 5.74) is 5.81. The van der Waals surface area contributed by atoms with Gasteiger partial charge in [0.25, 0.3) is 0 Å². The van der Waals surface area contributed by atoms with Crippen LogP contribution in [0, 0.1) is 0 Å². The topological polar surface area (TPSA) is 64.3 Å². The molecule has 3 N–H and O–H groups in total. The van der Waals surface area contributed by atoms with Crippen LogP contribution < -0.4 is 15.8 Å². The lowest BCUT2D eigenvalue weighted by molar-refractivity contribution is -0.125. The molecule has 2 atom stereocenters. The van der Waals surface area contributed by atoms with Crippen LogP contribution in [0.3, 0.4) is 0 Å². The number of carbonyl (C=O) groups excluding carboxylic acids is 1. The normalized spacial score (nSPS) is 15.5. The van der Waals surface area contributed by atoms with Crippen molar-refractivity contribution in [1.82, 2.24) is 5.32 Å². The van der Waals surface area contributed by atoms with Gasteiger partial charge in [-0.1, -0.05) is 32.0 Å². The van der Waals surface area contributed by atoms with Crippen LogP contribution in [0.2, 0.25) is 0 Å². The van der Waals surface area contributed by atoms with Crippen molar-refractivity contribution >= 4 is 5.91 Å². The molecule has 4 nitrogen and oxygen atoms in total. The summed E-state index contributed by atoms with van der Waals surface area (Å²) in [4.78, 5) is 11.7. The van der Waals surface area contributed by atoms with Gasteiger partial charge in [-0.15, -0.1) is 0 Å². The van der Waals surface area contributed by atoms with Gasteiger partial charge >= 0.3 is 0 Å². The second-order valence-electron chi connectivity index (χ2n) is 6.13. The molecule has 118 valence electrons. The van der Waals surface area contributed by atoms with Gasteiger partial charge in [-0.2, -0.15) is 0 Å². The highest BCUT2D eigenvalue weighted by Gasteiger charge is 2.32. The Morgan fingerprint density at radius 3 is 2.48 bits per heavy atom. The number of para-hydroxylation sites is 1. The van der Waals surface area contributed by atoms with E-state index in [4.69, 9.17) is 10.5 Å². The van der Waals surface area contributed by atoms with Crippen LogP contribution in [0.15, 0.2) is 24.3 Å². The third kappa shape index (κ3) is 4.74. The summed E-state index contributed by atoms with van der Waals surface area (Å²) in [6, 6.07) is 8.11. The number of ether oxygens (including phenoxy) is 1. The van der Waals surface area contributed by atoms with Crippen molar-refractivity contribution in [3.05, 3.63) is 29.8 Å². The van der Waals surface area contributed by atoms with E-state index >= 15 is 0 Å². The van der Waals surface area contributed by atoms with Gasteiger partial charge in [0.15, 0.2) is 0 Å². The number of nitrogens with two attached hydrogens (primary N) is 1. The van der Waals surface area contributed by atoms with Gasteiger partial charge in [-0.05, 0) is 44.7 Å². The predicted octanol–water partition coefficient (Wildman–Crippen LogP) is 2.82. The molecule has 1 amide bonds. The van der Waals surface area contributed by atoms with Crippen LogP contribution in [0.5, 0.6) is 5.75 Å². The quantitative estimate of drug-likeness (QED) is 0.774. The minimum absolute atomic E-state index is 0.149. The second kappa shape index (κ2) is 7.46. The maximum atomic E-state index is 11.7. The first-order chi connectivity index (χ1) is 9.80. The molecule has 1 aromatic carbocycles. The highest BCUT2D eigenvalue weighted by atomic mass is 16.5. The lowest BCUT2D eigenvalue weighted by Crippen LogP contribution is -2.59. The molecule has 0 aliphatic carbocycles. The van der Waals surface area contributed by atoms with E-state index in [2.05, 4.69) is 25.2 Å². The summed E-state index contributed by atoms with van der Waals surface area (Å²) in [6.45, 7) is 10.3. The van der Waals surface area contributed by atoms with E-state index in [-0.39, 0.29) is 12.6 Å². The van der Waals surface area contributed by atoms with E-state index in [9.17, 15) is 4.79 Å². The minimum Gasteiger partial charge on any atom is -0.491 e. The van der Waals surface area contributed by atoms with Crippen molar-refractivity contribution in [3.63, 3.8) is 0 Å². The van der Waals surface area contributed by atoms with Crippen molar-refractivity contribution in [2.45, 2.75) is 58.5 Å². The first kappa shape index (κ1) is 17.5. The smallest absolute Gasteiger partial charge is 0.240 e. The fourth-order valence-electron chi connectivity index (χ4n) is 2.28. The molecule has 0 fully saturated rings. The monoisotopic (exact) mass is 292 g/mol. The zero-order chi connectivity index (χ0) is 16.0. The molecule has 0 bridgehead atoms. The molecule has 0 saturated heterocycles. The summed E-state index contributed by atoms with van der Waals surface area (Å²) >= 11 is 0. The zero-order valence-electron chi connectivity index (χ0n) is 13.8. The number of amides is 1. The molecular weight excluding hydrogens is 264 g/mol. The number of hydrogen-bond acceptors (Lipinski definition) is 3. The molecule has 0 aliphatic heterocycles. The molecule has 21 heavy (non-hydrogen) atoms. The maximum Gasteiger partial charge on any atom is 0.240 e. The fraction of sp³-hybridized carbons (Fsp3) is 0.588. The van der Waals surface area contributed by atoms with Crippen molar-refractivity contribution in [2.24, 2.45) is 5.73 Å². The van der Waals surface area contributed by atoms with Gasteiger partial charge in [-0.3, -0.25) is 10.1 Å². The molecule has 0 aliphatic rings. The average molecular weight is 292 g/mol. The van der Waals surface area contributed by atoms with E-state index in [1.165, 1.54) is 0 Å². The van der Waals surface area contributed by atoms with E-state index < -0.39 is 11.4 Å². The first-order valence-corrected chi connectivity index (χ1v) is 7.59. The van der Waals surface area contributed by atoms with Gasteiger partial charge in [0, 0.05) is 6.04 Å². The van der Waals surface area contributed by atoms with Gasteiger partial charge in [-0.25, -0.2) is 0 Å². The van der Waals surface area contributed by atoms with Crippen LogP contribution in [0.25, 0.3) is 0 Å². The predicted molar refractivity (Wildman–Crippen MR) is 86.5 cm³/mol. The van der Waals surface area contributed by atoms with Gasteiger partial charge < -0.3 is 10.5 Å². The lowest BCUT2D eigenvalue weighted by atomic mass is 9.97. The minimum atomic E-state index is -0.878. The van der Waals surface area contributed by atoms with Crippen molar-refractivity contribution in [1.29, 1.82) is 0 Å². The third-order valence-corrected chi connectivity index (χ3v) is 3.73. The summed E-state index contributed by atoms with van der Waals surface area (Å²) in [5.74, 6) is 0.834. The third-order valence-electron chi connectivity index (χ3n) is 3.73. The van der Waals surface area contributed by atoms with Crippen LogP contribution in [-0.2, 0) is 4.79 Å². The Kier molecular flexibility index (Phi) is 6.21. The molecule has 0 saturated carbocycles. The Morgan fingerprint density at radius 1 is 1.33 bits per heavy atom. The zero-order valence-corrected chi connectivity index (χ0v) is 13.8. The van der Waals surface area contributed by atoms with Crippen LogP contribution in [0.4, 0.5) is 0 Å². The Morgan fingerprint density at radius 2 is 1.95 bits per heavy atom. The molecule has 0 aromatic heterocycles. The van der Waals surface area contributed by atoms with Crippen molar-refractivity contribution in [2.75, 3.05) is 6.61 Å². The van der Waals surface area contributed by atoms with E-state index in [1.54, 1.807) is 6.92 Å². The second-order valence-corrected chi connectivity index (χ2v) is 6.13. The molecule has 2 unspecified atom stereocenters. The highest BCUT2D eigenvalue weighted by molar-refractivity contribution is 5.84. The van der Waals surface area contributed by atoms with E-state index in [0.29, 0.717) is 5.92 Å². The maximum absolute atomic E-state index is 11.7.